The van der Waals surface area contributed by atoms with E-state index in [0.717, 1.165) is 28.0 Å². The van der Waals surface area contributed by atoms with E-state index in [4.69, 9.17) is 0 Å². The highest BCUT2D eigenvalue weighted by Gasteiger charge is 2.48. The van der Waals surface area contributed by atoms with Gasteiger partial charge in [-0.15, -0.1) is 0 Å². The molecule has 0 saturated carbocycles. The minimum Gasteiger partial charge on any atom is -0.376 e. The molecule has 0 saturated heterocycles. The largest absolute Gasteiger partial charge is 0.534 e. The van der Waals surface area contributed by atoms with E-state index in [0.29, 0.717) is 21.8 Å². The van der Waals surface area contributed by atoms with Gasteiger partial charge in [-0.3, -0.25) is 9.20 Å². The van der Waals surface area contributed by atoms with E-state index in [-0.39, 0.29) is 10.9 Å². The molecule has 2 heterocycles. The molecule has 0 N–H and O–H groups in total. The lowest BCUT2D eigenvalue weighted by Crippen LogP contribution is -2.28. The molecule has 0 aliphatic heterocycles. The first-order chi connectivity index (χ1) is 16.7. The molecule has 5 nitrogen and oxygen atoms in total. The Bertz CT molecular complexity index is 1950. The van der Waals surface area contributed by atoms with Crippen molar-refractivity contribution in [2.75, 3.05) is 0 Å². The molecular weight excluding hydrogens is 479 g/mol. The van der Waals surface area contributed by atoms with Crippen molar-refractivity contribution < 1.29 is 25.8 Å². The van der Waals surface area contributed by atoms with Gasteiger partial charge in [-0.1, -0.05) is 48.5 Å². The fourth-order valence-electron chi connectivity index (χ4n) is 4.59. The molecule has 6 aromatic rings. The van der Waals surface area contributed by atoms with Crippen LogP contribution in [0, 0.1) is 0 Å². The standard InChI is InChI=1S/C26H14F3NO4S/c27-26(28,29)35(32,33)34-17-10-11-19-20(14-17)22-13-16(15-6-2-1-3-7-15)12-21-18-8-4-5-9-23(18)30(24(21)22)25(19)31/h1-14H. The predicted octanol–water partition coefficient (Wildman–Crippen LogP) is 6.09. The molecule has 0 aliphatic rings. The summed E-state index contributed by atoms with van der Waals surface area (Å²) in [5, 5.41) is 2.75. The van der Waals surface area contributed by atoms with Crippen molar-refractivity contribution >= 4 is 48.1 Å². The summed E-state index contributed by atoms with van der Waals surface area (Å²) in [4.78, 5) is 13.5. The van der Waals surface area contributed by atoms with Gasteiger partial charge >= 0.3 is 15.6 Å². The Hall–Kier alpha value is -4.11. The van der Waals surface area contributed by atoms with E-state index in [9.17, 15) is 26.4 Å². The Morgan fingerprint density at radius 2 is 1.34 bits per heavy atom. The van der Waals surface area contributed by atoms with Crippen LogP contribution in [0.3, 0.4) is 0 Å². The second-order valence-corrected chi connectivity index (χ2v) is 9.67. The number of benzene rings is 4. The van der Waals surface area contributed by atoms with Crippen molar-refractivity contribution in [1.82, 2.24) is 4.40 Å². The number of hydrogen-bond acceptors (Lipinski definition) is 4. The summed E-state index contributed by atoms with van der Waals surface area (Å²) in [5.41, 5.74) is -2.90. The molecule has 0 aliphatic carbocycles. The van der Waals surface area contributed by atoms with Crippen LogP contribution in [0.5, 0.6) is 5.75 Å². The van der Waals surface area contributed by atoms with Crippen molar-refractivity contribution in [3.05, 3.63) is 95.3 Å². The van der Waals surface area contributed by atoms with Gasteiger partial charge in [0.05, 0.1) is 11.0 Å². The van der Waals surface area contributed by atoms with Gasteiger partial charge < -0.3 is 4.18 Å². The summed E-state index contributed by atoms with van der Waals surface area (Å²) in [5.74, 6) is -0.531. The zero-order chi connectivity index (χ0) is 24.5. The Balaban J connectivity index is 1.76. The minimum atomic E-state index is -5.86. The summed E-state index contributed by atoms with van der Waals surface area (Å²) < 4.78 is 67.8. The van der Waals surface area contributed by atoms with Gasteiger partial charge in [0.2, 0.25) is 0 Å². The number of rotatable bonds is 3. The summed E-state index contributed by atoms with van der Waals surface area (Å²) in [6.07, 6.45) is 0. The normalized spacial score (nSPS) is 12.8. The number of hydrogen-bond donors (Lipinski definition) is 0. The highest BCUT2D eigenvalue weighted by molar-refractivity contribution is 7.88. The molecule has 174 valence electrons. The molecule has 0 unspecified atom stereocenters. The van der Waals surface area contributed by atoms with Crippen molar-refractivity contribution in [2.45, 2.75) is 5.51 Å². The molecular formula is C26H14F3NO4S. The quantitative estimate of drug-likeness (QED) is 0.170. The molecule has 2 aromatic heterocycles. The number of fused-ring (bicyclic) bond motifs is 5. The molecule has 9 heteroatoms. The molecule has 0 fully saturated rings. The molecule has 4 aromatic carbocycles. The Labute approximate surface area is 196 Å². The Kier molecular flexibility index (Phi) is 4.40. The number of nitrogens with zero attached hydrogens (tertiary/aromatic N) is 1. The number of halogens is 3. The van der Waals surface area contributed by atoms with Crippen molar-refractivity contribution in [3.63, 3.8) is 0 Å². The van der Waals surface area contributed by atoms with Crippen LogP contribution in [0.15, 0.2) is 89.7 Å². The maximum absolute atomic E-state index is 13.5. The van der Waals surface area contributed by atoms with Crippen molar-refractivity contribution in [1.29, 1.82) is 0 Å². The third-order valence-electron chi connectivity index (χ3n) is 6.08. The van der Waals surface area contributed by atoms with E-state index in [1.165, 1.54) is 12.1 Å². The zero-order valence-electron chi connectivity index (χ0n) is 17.7. The van der Waals surface area contributed by atoms with Crippen LogP contribution in [0.1, 0.15) is 0 Å². The van der Waals surface area contributed by atoms with Crippen LogP contribution >= 0.6 is 0 Å². The molecule has 0 atom stereocenters. The van der Waals surface area contributed by atoms with Gasteiger partial charge in [-0.25, -0.2) is 0 Å². The third kappa shape index (κ3) is 3.15. The minimum absolute atomic E-state index is 0.224. The Morgan fingerprint density at radius 3 is 2.06 bits per heavy atom. The average Bonchev–Trinajstić information content (AvgIpc) is 3.17. The first kappa shape index (κ1) is 21.4. The van der Waals surface area contributed by atoms with Crippen LogP contribution in [0.25, 0.3) is 49.1 Å². The van der Waals surface area contributed by atoms with Gasteiger partial charge in [0.25, 0.3) is 5.56 Å². The molecule has 0 amide bonds. The lowest BCUT2D eigenvalue weighted by molar-refractivity contribution is -0.0500. The summed E-state index contributed by atoms with van der Waals surface area (Å²) in [7, 11) is -5.86. The predicted molar refractivity (Wildman–Crippen MR) is 128 cm³/mol. The third-order valence-corrected chi connectivity index (χ3v) is 7.06. The van der Waals surface area contributed by atoms with E-state index < -0.39 is 21.4 Å². The highest BCUT2D eigenvalue weighted by Crippen LogP contribution is 2.39. The Morgan fingerprint density at radius 1 is 0.686 bits per heavy atom. The van der Waals surface area contributed by atoms with Gasteiger partial charge in [0.15, 0.2) is 0 Å². The van der Waals surface area contributed by atoms with E-state index in [1.54, 1.807) is 4.40 Å². The second-order valence-electron chi connectivity index (χ2n) is 8.13. The molecule has 0 radical (unpaired) electrons. The molecule has 35 heavy (non-hydrogen) atoms. The lowest BCUT2D eigenvalue weighted by Gasteiger charge is -2.12. The van der Waals surface area contributed by atoms with Gasteiger partial charge in [0.1, 0.15) is 5.75 Å². The van der Waals surface area contributed by atoms with Crippen LogP contribution in [-0.4, -0.2) is 18.3 Å². The van der Waals surface area contributed by atoms with Gasteiger partial charge in [-0.2, -0.15) is 21.6 Å². The van der Waals surface area contributed by atoms with Crippen LogP contribution < -0.4 is 9.74 Å². The topological polar surface area (TPSA) is 64.9 Å². The van der Waals surface area contributed by atoms with Crippen LogP contribution in [0.4, 0.5) is 13.2 Å². The van der Waals surface area contributed by atoms with Crippen LogP contribution in [-0.2, 0) is 10.1 Å². The molecule has 0 spiro atoms. The summed E-state index contributed by atoms with van der Waals surface area (Å²) >= 11 is 0. The highest BCUT2D eigenvalue weighted by atomic mass is 32.2. The first-order valence-electron chi connectivity index (χ1n) is 10.5. The number of pyridine rings is 1. The maximum atomic E-state index is 13.5. The summed E-state index contributed by atoms with van der Waals surface area (Å²) in [6.45, 7) is 0. The second kappa shape index (κ2) is 7.19. The van der Waals surface area contributed by atoms with Gasteiger partial charge in [-0.05, 0) is 47.5 Å². The fourth-order valence-corrected chi connectivity index (χ4v) is 5.04. The molecule has 0 bridgehead atoms. The fraction of sp³-hybridized carbons (Fsp3) is 0.0385. The number of aromatic nitrogens is 1. The monoisotopic (exact) mass is 493 g/mol. The first-order valence-corrected chi connectivity index (χ1v) is 11.9. The number of alkyl halides is 3. The average molecular weight is 493 g/mol. The number of para-hydroxylation sites is 1. The maximum Gasteiger partial charge on any atom is 0.534 e. The van der Waals surface area contributed by atoms with Crippen molar-refractivity contribution in [3.8, 4) is 16.9 Å². The van der Waals surface area contributed by atoms with E-state index in [2.05, 4.69) is 4.18 Å². The SMILES string of the molecule is O=c1c2ccc(OS(=O)(=O)C(F)(F)F)cc2c2cc(-c3ccccc3)cc3c4ccccc4n1c23. The van der Waals surface area contributed by atoms with E-state index in [1.807, 2.05) is 66.7 Å². The smallest absolute Gasteiger partial charge is 0.376 e. The van der Waals surface area contributed by atoms with E-state index >= 15 is 0 Å². The zero-order valence-corrected chi connectivity index (χ0v) is 18.5. The molecule has 6 rings (SSSR count). The lowest BCUT2D eigenvalue weighted by atomic mass is 9.97. The van der Waals surface area contributed by atoms with Crippen LogP contribution in [0.2, 0.25) is 0 Å². The van der Waals surface area contributed by atoms with Gasteiger partial charge in [0, 0.05) is 26.9 Å². The summed E-state index contributed by atoms with van der Waals surface area (Å²) in [6, 6.07) is 24.3. The van der Waals surface area contributed by atoms with Crippen molar-refractivity contribution in [2.24, 2.45) is 0 Å².